The van der Waals surface area contributed by atoms with E-state index in [1.807, 2.05) is 19.0 Å². The van der Waals surface area contributed by atoms with Crippen LogP contribution in [-0.4, -0.2) is 67.8 Å². The van der Waals surface area contributed by atoms with Crippen LogP contribution in [-0.2, 0) is 9.53 Å². The molecule has 1 amide bonds. The fourth-order valence-electron chi connectivity index (χ4n) is 2.05. The van der Waals surface area contributed by atoms with Gasteiger partial charge in [-0.05, 0) is 0 Å². The van der Waals surface area contributed by atoms with Crippen LogP contribution in [0.15, 0.2) is 12.4 Å². The molecule has 1 aromatic heterocycles. The van der Waals surface area contributed by atoms with Crippen LogP contribution in [0.5, 0.6) is 5.88 Å². The fourth-order valence-corrected chi connectivity index (χ4v) is 2.05. The van der Waals surface area contributed by atoms with E-state index in [-0.39, 0.29) is 18.6 Å². The summed E-state index contributed by atoms with van der Waals surface area (Å²) in [5.41, 5.74) is 0. The molecule has 7 nitrogen and oxygen atoms in total. The van der Waals surface area contributed by atoms with E-state index < -0.39 is 0 Å². The van der Waals surface area contributed by atoms with E-state index in [9.17, 15) is 4.79 Å². The molecule has 1 saturated heterocycles. The number of hydrogen-bond donors (Lipinski definition) is 0. The molecule has 1 aromatic rings. The number of nitrogens with zero attached hydrogens (tertiary/aromatic N) is 4. The molecular formula is C13H20N4O3. The Morgan fingerprint density at radius 2 is 2.30 bits per heavy atom. The van der Waals surface area contributed by atoms with Gasteiger partial charge in [0, 0.05) is 34.2 Å². The first-order valence-corrected chi connectivity index (χ1v) is 6.53. The van der Waals surface area contributed by atoms with Crippen LogP contribution in [0, 0.1) is 0 Å². The number of carbonyl (C=O) groups excluding carboxylic acids is 1. The van der Waals surface area contributed by atoms with E-state index in [1.165, 1.54) is 7.11 Å². The van der Waals surface area contributed by atoms with Crippen molar-refractivity contribution < 1.29 is 14.3 Å². The smallest absolute Gasteiger partial charge is 0.248 e. The Labute approximate surface area is 118 Å². The zero-order valence-corrected chi connectivity index (χ0v) is 12.1. The minimum Gasteiger partial charge on any atom is -0.471 e. The number of hydrogen-bond acceptors (Lipinski definition) is 6. The summed E-state index contributed by atoms with van der Waals surface area (Å²) in [4.78, 5) is 23.8. The molecule has 0 N–H and O–H groups in total. The molecule has 0 saturated carbocycles. The largest absolute Gasteiger partial charge is 0.471 e. The lowest BCUT2D eigenvalue weighted by Gasteiger charge is -2.17. The van der Waals surface area contributed by atoms with Gasteiger partial charge in [-0.2, -0.15) is 4.98 Å². The summed E-state index contributed by atoms with van der Waals surface area (Å²) < 4.78 is 10.6. The van der Waals surface area contributed by atoms with E-state index in [4.69, 9.17) is 9.47 Å². The van der Waals surface area contributed by atoms with Crippen molar-refractivity contribution >= 4 is 11.7 Å². The van der Waals surface area contributed by atoms with Crippen LogP contribution < -0.4 is 9.64 Å². The molecule has 1 aliphatic rings. The summed E-state index contributed by atoms with van der Waals surface area (Å²) >= 11 is 0. The first-order valence-electron chi connectivity index (χ1n) is 6.53. The minimum absolute atomic E-state index is 0.00766. The monoisotopic (exact) mass is 280 g/mol. The first-order chi connectivity index (χ1) is 9.60. The second kappa shape index (κ2) is 6.51. The maximum atomic E-state index is 11.7. The Balaban J connectivity index is 1.92. The summed E-state index contributed by atoms with van der Waals surface area (Å²) in [5.74, 6) is 1.22. The van der Waals surface area contributed by atoms with Gasteiger partial charge in [-0.15, -0.1) is 0 Å². The standard InChI is InChI=1S/C13H20N4O3/c1-16(2)11-6-14-7-12(15-11)20-10-4-5-17(8-10)13(18)9-19-3/h6-7,10H,4-5,8-9H2,1-3H3. The number of likely N-dealkylation sites (tertiary alicyclic amines) is 1. The second-order valence-corrected chi connectivity index (χ2v) is 4.91. The summed E-state index contributed by atoms with van der Waals surface area (Å²) in [6.07, 6.45) is 4.02. The van der Waals surface area contributed by atoms with Gasteiger partial charge in [0.15, 0.2) is 5.82 Å². The number of aromatic nitrogens is 2. The maximum Gasteiger partial charge on any atom is 0.248 e. The minimum atomic E-state index is -0.0393. The van der Waals surface area contributed by atoms with E-state index in [1.54, 1.807) is 17.3 Å². The van der Waals surface area contributed by atoms with Crippen molar-refractivity contribution in [1.29, 1.82) is 0 Å². The lowest BCUT2D eigenvalue weighted by molar-refractivity contribution is -0.134. The molecule has 1 atom stereocenters. The fraction of sp³-hybridized carbons (Fsp3) is 0.615. The van der Waals surface area contributed by atoms with E-state index >= 15 is 0 Å². The summed E-state index contributed by atoms with van der Waals surface area (Å²) in [7, 11) is 5.31. The molecule has 20 heavy (non-hydrogen) atoms. The van der Waals surface area contributed by atoms with Gasteiger partial charge >= 0.3 is 0 Å². The number of methoxy groups -OCH3 is 1. The van der Waals surface area contributed by atoms with Crippen LogP contribution in [0.1, 0.15) is 6.42 Å². The summed E-state index contributed by atoms with van der Waals surface area (Å²) in [6.45, 7) is 1.37. The molecule has 0 bridgehead atoms. The van der Waals surface area contributed by atoms with Gasteiger partial charge in [-0.3, -0.25) is 9.78 Å². The van der Waals surface area contributed by atoms with Crippen molar-refractivity contribution in [2.24, 2.45) is 0 Å². The van der Waals surface area contributed by atoms with Crippen LogP contribution in [0.4, 0.5) is 5.82 Å². The second-order valence-electron chi connectivity index (χ2n) is 4.91. The van der Waals surface area contributed by atoms with Gasteiger partial charge in [0.25, 0.3) is 0 Å². The topological polar surface area (TPSA) is 67.8 Å². The Hall–Kier alpha value is -1.89. The van der Waals surface area contributed by atoms with Gasteiger partial charge in [-0.25, -0.2) is 0 Å². The number of carbonyl (C=O) groups is 1. The van der Waals surface area contributed by atoms with Crippen molar-refractivity contribution in [3.05, 3.63) is 12.4 Å². The van der Waals surface area contributed by atoms with Gasteiger partial charge in [0.1, 0.15) is 12.7 Å². The molecule has 110 valence electrons. The molecule has 2 rings (SSSR count). The number of amides is 1. The van der Waals surface area contributed by atoms with Crippen LogP contribution in [0.25, 0.3) is 0 Å². The molecule has 0 spiro atoms. The first kappa shape index (κ1) is 14.5. The molecule has 1 fully saturated rings. The van der Waals surface area contributed by atoms with Gasteiger partial charge in [-0.1, -0.05) is 0 Å². The Morgan fingerprint density at radius 3 is 3.00 bits per heavy atom. The molecule has 0 radical (unpaired) electrons. The van der Waals surface area contributed by atoms with Crippen LogP contribution in [0.2, 0.25) is 0 Å². The number of anilines is 1. The molecule has 1 aliphatic heterocycles. The van der Waals surface area contributed by atoms with Crippen molar-refractivity contribution in [2.45, 2.75) is 12.5 Å². The highest BCUT2D eigenvalue weighted by Gasteiger charge is 2.27. The molecule has 0 aliphatic carbocycles. The third-order valence-electron chi connectivity index (χ3n) is 3.11. The third kappa shape index (κ3) is 3.57. The van der Waals surface area contributed by atoms with Gasteiger partial charge in [0.2, 0.25) is 11.8 Å². The predicted molar refractivity (Wildman–Crippen MR) is 73.8 cm³/mol. The Morgan fingerprint density at radius 1 is 1.50 bits per heavy atom. The summed E-state index contributed by atoms with van der Waals surface area (Å²) in [6, 6.07) is 0. The Bertz CT molecular complexity index is 467. The highest BCUT2D eigenvalue weighted by molar-refractivity contribution is 5.77. The average Bonchev–Trinajstić information content (AvgIpc) is 2.88. The lowest BCUT2D eigenvalue weighted by atomic mass is 10.3. The predicted octanol–water partition coefficient (Wildman–Crippen LogP) is 0.169. The average molecular weight is 280 g/mol. The quantitative estimate of drug-likeness (QED) is 0.766. The highest BCUT2D eigenvalue weighted by atomic mass is 16.5. The van der Waals surface area contributed by atoms with Crippen LogP contribution >= 0.6 is 0 Å². The highest BCUT2D eigenvalue weighted by Crippen LogP contribution is 2.18. The van der Waals surface area contributed by atoms with E-state index in [2.05, 4.69) is 9.97 Å². The lowest BCUT2D eigenvalue weighted by Crippen LogP contribution is -2.33. The summed E-state index contributed by atoms with van der Waals surface area (Å²) in [5, 5.41) is 0. The van der Waals surface area contributed by atoms with Crippen molar-refractivity contribution in [1.82, 2.24) is 14.9 Å². The molecule has 7 heteroatoms. The normalized spacial score (nSPS) is 18.1. The van der Waals surface area contributed by atoms with Crippen LogP contribution in [0.3, 0.4) is 0 Å². The zero-order chi connectivity index (χ0) is 14.5. The van der Waals surface area contributed by atoms with E-state index in [0.29, 0.717) is 19.0 Å². The zero-order valence-electron chi connectivity index (χ0n) is 12.1. The molecule has 0 aromatic carbocycles. The molecule has 1 unspecified atom stereocenters. The van der Waals surface area contributed by atoms with Gasteiger partial charge < -0.3 is 19.3 Å². The molecule has 2 heterocycles. The maximum absolute atomic E-state index is 11.7. The van der Waals surface area contributed by atoms with Gasteiger partial charge in [0.05, 0.1) is 18.9 Å². The van der Waals surface area contributed by atoms with Crippen molar-refractivity contribution in [2.75, 3.05) is 45.8 Å². The number of rotatable bonds is 5. The Kier molecular flexibility index (Phi) is 4.73. The SMILES string of the molecule is COCC(=O)N1CCC(Oc2cncc(N(C)C)n2)C1. The van der Waals surface area contributed by atoms with Crippen molar-refractivity contribution in [3.8, 4) is 5.88 Å². The molecular weight excluding hydrogens is 260 g/mol. The van der Waals surface area contributed by atoms with E-state index in [0.717, 1.165) is 12.2 Å². The third-order valence-corrected chi connectivity index (χ3v) is 3.11. The van der Waals surface area contributed by atoms with Crippen molar-refractivity contribution in [3.63, 3.8) is 0 Å². The number of ether oxygens (including phenoxy) is 2.